The van der Waals surface area contributed by atoms with E-state index < -0.39 is 0 Å². The van der Waals surface area contributed by atoms with Crippen LogP contribution in [0.1, 0.15) is 25.1 Å². The number of nitrogens with one attached hydrogen (secondary N) is 1. The van der Waals surface area contributed by atoms with Gasteiger partial charge in [-0.25, -0.2) is 4.98 Å². The molecule has 0 aliphatic heterocycles. The van der Waals surface area contributed by atoms with Crippen LogP contribution in [0.3, 0.4) is 0 Å². The zero-order valence-electron chi connectivity index (χ0n) is 13.6. The van der Waals surface area contributed by atoms with Crippen molar-refractivity contribution in [2.75, 3.05) is 5.32 Å². The smallest absolute Gasteiger partial charge is 0.224 e. The molecule has 0 radical (unpaired) electrons. The molecule has 3 rings (SSSR count). The number of imidazole rings is 1. The molecule has 24 heavy (non-hydrogen) atoms. The summed E-state index contributed by atoms with van der Waals surface area (Å²) in [5, 5.41) is 7.12. The van der Waals surface area contributed by atoms with Crippen LogP contribution in [0.2, 0.25) is 0 Å². The summed E-state index contributed by atoms with van der Waals surface area (Å²) in [6.45, 7) is 0.540. The van der Waals surface area contributed by atoms with E-state index in [0.717, 1.165) is 16.9 Å². The second-order valence-electron chi connectivity index (χ2n) is 5.61. The van der Waals surface area contributed by atoms with Crippen LogP contribution in [0.4, 0.5) is 5.69 Å². The van der Waals surface area contributed by atoms with Gasteiger partial charge in [0, 0.05) is 26.1 Å². The van der Waals surface area contributed by atoms with Crippen LogP contribution in [-0.2, 0) is 18.4 Å². The second kappa shape index (κ2) is 7.01. The molecule has 0 atom stereocenters. The molecule has 1 N–H and O–H groups in total. The first-order valence-corrected chi connectivity index (χ1v) is 7.83. The summed E-state index contributed by atoms with van der Waals surface area (Å²) in [7, 11) is 1.99. The lowest BCUT2D eigenvalue weighted by Gasteiger charge is -2.03. The monoisotopic (exact) mass is 321 g/mol. The van der Waals surface area contributed by atoms with E-state index in [4.69, 9.17) is 6.42 Å². The molecule has 0 unspecified atom stereocenters. The lowest BCUT2D eigenvalue weighted by Crippen LogP contribution is -2.10. The fourth-order valence-electron chi connectivity index (χ4n) is 2.57. The first-order valence-electron chi connectivity index (χ1n) is 7.83. The number of amides is 1. The summed E-state index contributed by atoms with van der Waals surface area (Å²) < 4.78 is 3.81. The van der Waals surface area contributed by atoms with Crippen molar-refractivity contribution >= 4 is 22.6 Å². The number of benzene rings is 1. The molecule has 1 amide bonds. The second-order valence-corrected chi connectivity index (χ2v) is 5.61. The Bertz CT molecular complexity index is 900. The van der Waals surface area contributed by atoms with Crippen LogP contribution >= 0.6 is 0 Å². The highest BCUT2D eigenvalue weighted by atomic mass is 16.1. The first kappa shape index (κ1) is 15.8. The average molecular weight is 321 g/mol. The average Bonchev–Trinajstić information content (AvgIpc) is 3.13. The van der Waals surface area contributed by atoms with Gasteiger partial charge in [0.2, 0.25) is 5.91 Å². The van der Waals surface area contributed by atoms with Crippen molar-refractivity contribution in [3.63, 3.8) is 0 Å². The van der Waals surface area contributed by atoms with E-state index in [-0.39, 0.29) is 5.91 Å². The number of aryl methyl sites for hydroxylation is 1. The Morgan fingerprint density at radius 3 is 3.00 bits per heavy atom. The molecular weight excluding hydrogens is 302 g/mol. The Labute approximate surface area is 140 Å². The molecule has 0 fully saturated rings. The van der Waals surface area contributed by atoms with Crippen LogP contribution in [-0.4, -0.2) is 25.2 Å². The number of carbonyl (C=O) groups is 1. The number of carbonyl (C=O) groups excluding carboxylic acids is 1. The van der Waals surface area contributed by atoms with E-state index in [0.29, 0.717) is 31.5 Å². The number of hydrogen-bond donors (Lipinski definition) is 1. The van der Waals surface area contributed by atoms with E-state index in [9.17, 15) is 4.79 Å². The largest absolute Gasteiger partial charge is 0.330 e. The molecule has 0 saturated carbocycles. The van der Waals surface area contributed by atoms with Crippen LogP contribution in [0.15, 0.2) is 36.7 Å². The minimum atomic E-state index is -0.0486. The predicted molar refractivity (Wildman–Crippen MR) is 93.4 cm³/mol. The summed E-state index contributed by atoms with van der Waals surface area (Å²) in [6, 6.07) is 8.00. The fraction of sp³-hybridized carbons (Fsp3) is 0.278. The number of anilines is 1. The molecule has 0 aliphatic carbocycles. The number of aromatic nitrogens is 4. The molecule has 6 heteroatoms. The van der Waals surface area contributed by atoms with E-state index in [1.807, 2.05) is 31.3 Å². The molecular formula is C18H19N5O. The molecule has 122 valence electrons. The van der Waals surface area contributed by atoms with Crippen LogP contribution in [0, 0.1) is 12.3 Å². The quantitative estimate of drug-likeness (QED) is 0.560. The highest BCUT2D eigenvalue weighted by molar-refractivity contribution is 5.90. The third kappa shape index (κ3) is 3.46. The SMILES string of the molecule is C#CCCCC(=O)Nc1cnn(Cc2nc3ccccc3n2C)c1. The highest BCUT2D eigenvalue weighted by Gasteiger charge is 2.09. The topological polar surface area (TPSA) is 64.7 Å². The molecule has 0 aliphatic rings. The van der Waals surface area contributed by atoms with E-state index >= 15 is 0 Å². The van der Waals surface area contributed by atoms with Gasteiger partial charge in [0.05, 0.1) is 29.5 Å². The Balaban J connectivity index is 1.66. The van der Waals surface area contributed by atoms with Gasteiger partial charge in [-0.15, -0.1) is 12.3 Å². The zero-order valence-corrected chi connectivity index (χ0v) is 13.6. The summed E-state index contributed by atoms with van der Waals surface area (Å²) in [5.41, 5.74) is 2.73. The molecule has 0 bridgehead atoms. The predicted octanol–water partition coefficient (Wildman–Crippen LogP) is 2.56. The fourth-order valence-corrected chi connectivity index (χ4v) is 2.57. The van der Waals surface area contributed by atoms with E-state index in [2.05, 4.69) is 25.9 Å². The third-order valence-corrected chi connectivity index (χ3v) is 3.83. The summed E-state index contributed by atoms with van der Waals surface area (Å²) in [6.07, 6.45) is 10.3. The first-order chi connectivity index (χ1) is 11.7. The summed E-state index contributed by atoms with van der Waals surface area (Å²) in [4.78, 5) is 16.4. The van der Waals surface area contributed by atoms with Gasteiger partial charge >= 0.3 is 0 Å². The van der Waals surface area contributed by atoms with Gasteiger partial charge in [0.15, 0.2) is 0 Å². The van der Waals surface area contributed by atoms with Gasteiger partial charge in [0.1, 0.15) is 5.82 Å². The van der Waals surface area contributed by atoms with Crippen LogP contribution in [0.25, 0.3) is 11.0 Å². The number of unbranched alkanes of at least 4 members (excludes halogenated alkanes) is 1. The standard InChI is InChI=1S/C18H19N5O/c1-3-4-5-10-18(24)20-14-11-19-23(12-14)13-17-21-15-8-6-7-9-16(15)22(17)2/h1,6-9,11-12H,4-5,10,13H2,2H3,(H,20,24). The number of fused-ring (bicyclic) bond motifs is 1. The molecule has 0 saturated heterocycles. The molecule has 6 nitrogen and oxygen atoms in total. The third-order valence-electron chi connectivity index (χ3n) is 3.83. The summed E-state index contributed by atoms with van der Waals surface area (Å²) >= 11 is 0. The normalized spacial score (nSPS) is 10.7. The van der Waals surface area contributed by atoms with Crippen molar-refractivity contribution in [1.29, 1.82) is 0 Å². The summed E-state index contributed by atoms with van der Waals surface area (Å²) in [5.74, 6) is 3.39. The lowest BCUT2D eigenvalue weighted by molar-refractivity contribution is -0.116. The Morgan fingerprint density at radius 1 is 1.38 bits per heavy atom. The van der Waals surface area contributed by atoms with Gasteiger partial charge in [0.25, 0.3) is 0 Å². The number of rotatable bonds is 6. The van der Waals surface area contributed by atoms with Crippen molar-refractivity contribution in [2.45, 2.75) is 25.8 Å². The van der Waals surface area contributed by atoms with Gasteiger partial charge in [-0.2, -0.15) is 5.10 Å². The van der Waals surface area contributed by atoms with Crippen LogP contribution in [0.5, 0.6) is 0 Å². The molecule has 3 aromatic rings. The van der Waals surface area contributed by atoms with Crippen molar-refractivity contribution in [2.24, 2.45) is 7.05 Å². The number of nitrogens with zero attached hydrogens (tertiary/aromatic N) is 4. The number of hydrogen-bond acceptors (Lipinski definition) is 3. The molecule has 2 aromatic heterocycles. The van der Waals surface area contributed by atoms with Crippen molar-refractivity contribution in [3.8, 4) is 12.3 Å². The van der Waals surface area contributed by atoms with Crippen LogP contribution < -0.4 is 5.32 Å². The highest BCUT2D eigenvalue weighted by Crippen LogP contribution is 2.15. The van der Waals surface area contributed by atoms with Gasteiger partial charge in [-0.05, 0) is 18.6 Å². The lowest BCUT2D eigenvalue weighted by atomic mass is 10.2. The molecule has 2 heterocycles. The van der Waals surface area contributed by atoms with Gasteiger partial charge < -0.3 is 9.88 Å². The molecule has 1 aromatic carbocycles. The van der Waals surface area contributed by atoms with Crippen molar-refractivity contribution in [1.82, 2.24) is 19.3 Å². The maximum atomic E-state index is 11.8. The number of terminal acetylenes is 1. The van der Waals surface area contributed by atoms with E-state index in [1.165, 1.54) is 0 Å². The minimum Gasteiger partial charge on any atom is -0.330 e. The maximum Gasteiger partial charge on any atom is 0.224 e. The van der Waals surface area contributed by atoms with E-state index in [1.54, 1.807) is 17.1 Å². The van der Waals surface area contributed by atoms with Crippen molar-refractivity contribution < 1.29 is 4.79 Å². The molecule has 0 spiro atoms. The van der Waals surface area contributed by atoms with Gasteiger partial charge in [-0.1, -0.05) is 12.1 Å². The Hall–Kier alpha value is -3.07. The Kier molecular flexibility index (Phi) is 4.62. The van der Waals surface area contributed by atoms with Crippen molar-refractivity contribution in [3.05, 3.63) is 42.5 Å². The maximum absolute atomic E-state index is 11.8. The van der Waals surface area contributed by atoms with Gasteiger partial charge in [-0.3, -0.25) is 9.48 Å². The zero-order chi connectivity index (χ0) is 16.9. The Morgan fingerprint density at radius 2 is 2.21 bits per heavy atom. The minimum absolute atomic E-state index is 0.0486. The number of para-hydroxylation sites is 2.